The molecule has 0 aliphatic carbocycles. The van der Waals surface area contributed by atoms with Crippen LogP contribution in [0.15, 0.2) is 30.3 Å². The van der Waals surface area contributed by atoms with Crippen molar-refractivity contribution in [2.75, 3.05) is 6.61 Å². The third-order valence-corrected chi connectivity index (χ3v) is 5.36. The molecule has 0 radical (unpaired) electrons. The van der Waals surface area contributed by atoms with E-state index in [1.54, 1.807) is 0 Å². The van der Waals surface area contributed by atoms with Crippen molar-refractivity contribution in [1.82, 2.24) is 0 Å². The van der Waals surface area contributed by atoms with Crippen molar-refractivity contribution in [1.29, 1.82) is 0 Å². The normalized spacial score (nSPS) is 31.3. The van der Waals surface area contributed by atoms with Crippen molar-refractivity contribution < 1.29 is 19.3 Å². The minimum absolute atomic E-state index is 0.00725. The Kier molecular flexibility index (Phi) is 6.28. The van der Waals surface area contributed by atoms with Crippen molar-refractivity contribution >= 4 is 0 Å². The quantitative estimate of drug-likeness (QED) is 0.702. The summed E-state index contributed by atoms with van der Waals surface area (Å²) < 4.78 is 18.0. The summed E-state index contributed by atoms with van der Waals surface area (Å²) in [6.07, 6.45) is 3.68. The molecule has 2 aliphatic rings. The van der Waals surface area contributed by atoms with Gasteiger partial charge in [-0.1, -0.05) is 43.7 Å². The highest BCUT2D eigenvalue weighted by Crippen LogP contribution is 2.46. The number of hydrogen-bond acceptors (Lipinski definition) is 4. The van der Waals surface area contributed by atoms with Crippen LogP contribution in [0.5, 0.6) is 0 Å². The van der Waals surface area contributed by atoms with Gasteiger partial charge in [-0.25, -0.2) is 0 Å². The molecule has 3 rings (SSSR count). The van der Waals surface area contributed by atoms with Crippen molar-refractivity contribution in [2.45, 2.75) is 70.7 Å². The van der Waals surface area contributed by atoms with Gasteiger partial charge in [0.2, 0.25) is 0 Å². The van der Waals surface area contributed by atoms with Gasteiger partial charge in [0.1, 0.15) is 0 Å². The zero-order valence-corrected chi connectivity index (χ0v) is 14.8. The Hall–Kier alpha value is -0.940. The Morgan fingerprint density at radius 3 is 2.71 bits per heavy atom. The average molecular weight is 334 g/mol. The van der Waals surface area contributed by atoms with E-state index < -0.39 is 6.29 Å². The Labute approximate surface area is 145 Å². The molecule has 2 heterocycles. The number of fused-ring (bicyclic) bond motifs is 2. The van der Waals surface area contributed by atoms with Crippen molar-refractivity contribution in [3.05, 3.63) is 35.9 Å². The van der Waals surface area contributed by atoms with Gasteiger partial charge in [0.25, 0.3) is 0 Å². The number of benzene rings is 1. The van der Waals surface area contributed by atoms with E-state index in [4.69, 9.17) is 14.2 Å². The van der Waals surface area contributed by atoms with Gasteiger partial charge in [-0.15, -0.1) is 0 Å². The molecule has 0 aromatic heterocycles. The number of ether oxygens (including phenoxy) is 3. The zero-order chi connectivity index (χ0) is 16.9. The first-order valence-electron chi connectivity index (χ1n) is 9.29. The molecule has 2 saturated heterocycles. The van der Waals surface area contributed by atoms with Crippen LogP contribution in [-0.2, 0) is 20.8 Å². The van der Waals surface area contributed by atoms with Gasteiger partial charge >= 0.3 is 0 Å². The fourth-order valence-corrected chi connectivity index (χ4v) is 4.22. The van der Waals surface area contributed by atoms with E-state index in [9.17, 15) is 5.11 Å². The van der Waals surface area contributed by atoms with Crippen molar-refractivity contribution in [2.24, 2.45) is 11.8 Å². The largest absolute Gasteiger partial charge is 0.376 e. The van der Waals surface area contributed by atoms with Crippen LogP contribution in [0.1, 0.15) is 45.1 Å². The van der Waals surface area contributed by atoms with E-state index in [2.05, 4.69) is 26.0 Å². The highest BCUT2D eigenvalue weighted by Gasteiger charge is 2.51. The predicted molar refractivity (Wildman–Crippen MR) is 92.4 cm³/mol. The molecule has 1 N–H and O–H groups in total. The molecule has 24 heavy (non-hydrogen) atoms. The maximum Gasteiger partial charge on any atom is 0.154 e. The lowest BCUT2D eigenvalue weighted by atomic mass is 9.77. The Balaban J connectivity index is 1.54. The van der Waals surface area contributed by atoms with Crippen LogP contribution in [-0.4, -0.2) is 36.3 Å². The summed E-state index contributed by atoms with van der Waals surface area (Å²) in [5, 5.41) is 9.97. The number of hydrogen-bond donors (Lipinski definition) is 1. The second-order valence-electron chi connectivity index (χ2n) is 7.12. The van der Waals surface area contributed by atoms with Crippen LogP contribution in [0.3, 0.4) is 0 Å². The average Bonchev–Trinajstić information content (AvgIpc) is 3.17. The standard InChI is InChI=1S/C20H30O4/c1-3-7-19(21)23-14(2)20-16(17-10-11-18(20)24-17)13-22-12-15-8-5-4-6-9-15/h4-6,8-9,14,16-21H,3,7,10-13H2,1-2H3. The second-order valence-corrected chi connectivity index (χ2v) is 7.12. The third-order valence-electron chi connectivity index (χ3n) is 5.36. The maximum absolute atomic E-state index is 9.97. The van der Waals surface area contributed by atoms with Gasteiger partial charge < -0.3 is 19.3 Å². The van der Waals surface area contributed by atoms with Gasteiger partial charge in [-0.3, -0.25) is 0 Å². The predicted octanol–water partition coefficient (Wildman–Crippen LogP) is 3.52. The van der Waals surface area contributed by atoms with Crippen LogP contribution < -0.4 is 0 Å². The summed E-state index contributed by atoms with van der Waals surface area (Å²) in [7, 11) is 0. The smallest absolute Gasteiger partial charge is 0.154 e. The van der Waals surface area contributed by atoms with Crippen molar-refractivity contribution in [3.63, 3.8) is 0 Å². The second kappa shape index (κ2) is 8.43. The molecule has 0 saturated carbocycles. The summed E-state index contributed by atoms with van der Waals surface area (Å²) in [4.78, 5) is 0. The van der Waals surface area contributed by atoms with Gasteiger partial charge in [-0.2, -0.15) is 0 Å². The molecule has 134 valence electrons. The van der Waals surface area contributed by atoms with Gasteiger partial charge in [0, 0.05) is 11.8 Å². The number of aliphatic hydroxyl groups is 1. The molecule has 2 bridgehead atoms. The van der Waals surface area contributed by atoms with Crippen LogP contribution in [0, 0.1) is 11.8 Å². The first kappa shape index (κ1) is 17.9. The molecule has 4 nitrogen and oxygen atoms in total. The summed E-state index contributed by atoms with van der Waals surface area (Å²) in [6.45, 7) is 5.45. The fraction of sp³-hybridized carbons (Fsp3) is 0.700. The van der Waals surface area contributed by atoms with Gasteiger partial charge in [0.05, 0.1) is 31.5 Å². The topological polar surface area (TPSA) is 47.9 Å². The lowest BCUT2D eigenvalue weighted by molar-refractivity contribution is -0.159. The van der Waals surface area contributed by atoms with Crippen LogP contribution in [0.25, 0.3) is 0 Å². The molecular weight excluding hydrogens is 304 g/mol. The lowest BCUT2D eigenvalue weighted by Crippen LogP contribution is -2.40. The molecule has 2 fully saturated rings. The Morgan fingerprint density at radius 2 is 1.96 bits per heavy atom. The van der Waals surface area contributed by atoms with Crippen LogP contribution >= 0.6 is 0 Å². The van der Waals surface area contributed by atoms with E-state index in [-0.39, 0.29) is 18.3 Å². The van der Waals surface area contributed by atoms with Crippen molar-refractivity contribution in [3.8, 4) is 0 Å². The minimum Gasteiger partial charge on any atom is -0.376 e. The fourth-order valence-electron chi connectivity index (χ4n) is 4.22. The first-order chi connectivity index (χ1) is 11.7. The molecule has 0 spiro atoms. The zero-order valence-electron chi connectivity index (χ0n) is 14.8. The molecule has 6 unspecified atom stereocenters. The molecule has 0 amide bonds. The lowest BCUT2D eigenvalue weighted by Gasteiger charge is -2.33. The highest BCUT2D eigenvalue weighted by atomic mass is 16.6. The highest BCUT2D eigenvalue weighted by molar-refractivity contribution is 5.13. The summed E-state index contributed by atoms with van der Waals surface area (Å²) in [6, 6.07) is 10.3. The molecule has 4 heteroatoms. The molecular formula is C20H30O4. The Morgan fingerprint density at radius 1 is 1.21 bits per heavy atom. The minimum atomic E-state index is -0.671. The number of rotatable bonds is 9. The monoisotopic (exact) mass is 334 g/mol. The first-order valence-corrected chi connectivity index (χ1v) is 9.29. The summed E-state index contributed by atoms with van der Waals surface area (Å²) >= 11 is 0. The molecule has 6 atom stereocenters. The van der Waals surface area contributed by atoms with E-state index in [0.717, 1.165) is 19.3 Å². The van der Waals surface area contributed by atoms with E-state index in [0.29, 0.717) is 31.5 Å². The van der Waals surface area contributed by atoms with Crippen LogP contribution in [0.2, 0.25) is 0 Å². The molecule has 1 aromatic carbocycles. The van der Waals surface area contributed by atoms with Gasteiger partial charge in [0.15, 0.2) is 6.29 Å². The molecule has 2 aliphatic heterocycles. The number of aliphatic hydroxyl groups excluding tert-OH is 1. The van der Waals surface area contributed by atoms with E-state index in [1.165, 1.54) is 5.56 Å². The van der Waals surface area contributed by atoms with E-state index in [1.807, 2.05) is 18.2 Å². The summed E-state index contributed by atoms with van der Waals surface area (Å²) in [5.74, 6) is 0.669. The summed E-state index contributed by atoms with van der Waals surface area (Å²) in [5.41, 5.74) is 1.20. The van der Waals surface area contributed by atoms with Gasteiger partial charge in [-0.05, 0) is 31.7 Å². The SMILES string of the molecule is CCCC(O)OC(C)C1C2CCC(O2)C1COCc1ccccc1. The maximum atomic E-state index is 9.97. The van der Waals surface area contributed by atoms with E-state index >= 15 is 0 Å². The third kappa shape index (κ3) is 4.17. The molecule has 1 aromatic rings. The van der Waals surface area contributed by atoms with Crippen LogP contribution in [0.4, 0.5) is 0 Å². The Bertz CT molecular complexity index is 492.